The molecule has 1 aliphatic heterocycles. The quantitative estimate of drug-likeness (QED) is 0.571. The molecule has 1 heterocycles. The Balaban J connectivity index is 2.49. The Morgan fingerprint density at radius 3 is 2.37 bits per heavy atom. The third-order valence-electron chi connectivity index (χ3n) is 4.41. The van der Waals surface area contributed by atoms with E-state index in [4.69, 9.17) is 4.74 Å². The molecule has 27 heavy (non-hydrogen) atoms. The van der Waals surface area contributed by atoms with Crippen molar-refractivity contribution in [1.82, 2.24) is 4.31 Å². The van der Waals surface area contributed by atoms with Crippen molar-refractivity contribution in [2.75, 3.05) is 13.2 Å². The zero-order chi connectivity index (χ0) is 20.1. The van der Waals surface area contributed by atoms with Gasteiger partial charge in [-0.05, 0) is 51.3 Å². The second-order valence-electron chi connectivity index (χ2n) is 7.09. The van der Waals surface area contributed by atoms with Gasteiger partial charge in [0.15, 0.2) is 0 Å². The van der Waals surface area contributed by atoms with Gasteiger partial charge >= 0.3 is 5.97 Å². The first-order chi connectivity index (χ1) is 12.7. The van der Waals surface area contributed by atoms with Gasteiger partial charge in [-0.2, -0.15) is 4.31 Å². The predicted octanol–water partition coefficient (Wildman–Crippen LogP) is 3.77. The van der Waals surface area contributed by atoms with Gasteiger partial charge in [0.05, 0.1) is 4.90 Å². The van der Waals surface area contributed by atoms with Crippen molar-refractivity contribution in [2.24, 2.45) is 0 Å². The van der Waals surface area contributed by atoms with Crippen molar-refractivity contribution in [1.29, 1.82) is 0 Å². The van der Waals surface area contributed by atoms with Crippen LogP contribution in [0.15, 0.2) is 65.6 Å². The Labute approximate surface area is 162 Å². The predicted molar refractivity (Wildman–Crippen MR) is 107 cm³/mol. The van der Waals surface area contributed by atoms with Gasteiger partial charge in [0.25, 0.3) is 0 Å². The number of carbonyl (C=O) groups excluding carboxylic acids is 1. The topological polar surface area (TPSA) is 63.7 Å². The van der Waals surface area contributed by atoms with Crippen LogP contribution in [0.4, 0.5) is 0 Å². The monoisotopic (exact) mass is 389 g/mol. The van der Waals surface area contributed by atoms with E-state index in [1.165, 1.54) is 4.31 Å². The number of rotatable bonds is 2. The molecule has 0 spiro atoms. The number of hydrogen-bond donors (Lipinski definition) is 0. The standard InChI is InChI=1S/C21H27NO4S/c1-17-11-13-19(14-12-17)27(24,25)22-16-18(2)10-8-6-5-7-9-15-26-20(23)21(22,3)4/h7-14H,2,5-6,15-16H2,1,3-4H3/b9-7+,10-8+. The third-order valence-corrected chi connectivity index (χ3v) is 6.44. The van der Waals surface area contributed by atoms with Crippen LogP contribution in [-0.4, -0.2) is 37.4 Å². The van der Waals surface area contributed by atoms with E-state index < -0.39 is 21.5 Å². The first kappa shape index (κ1) is 21.1. The van der Waals surface area contributed by atoms with Crippen molar-refractivity contribution >= 4 is 16.0 Å². The Morgan fingerprint density at radius 1 is 1.07 bits per heavy atom. The molecule has 0 radical (unpaired) electrons. The van der Waals surface area contributed by atoms with E-state index in [9.17, 15) is 13.2 Å². The average molecular weight is 390 g/mol. The number of aryl methyl sites for hydroxylation is 1. The van der Waals surface area contributed by atoms with E-state index in [0.717, 1.165) is 18.4 Å². The molecule has 146 valence electrons. The van der Waals surface area contributed by atoms with E-state index in [2.05, 4.69) is 6.58 Å². The SMILES string of the molecule is C=C1/C=C/CC/C=C/COC(=O)C(C)(C)N(S(=O)(=O)c2ccc(C)cc2)C1. The molecular weight excluding hydrogens is 362 g/mol. The molecule has 1 aromatic carbocycles. The lowest BCUT2D eigenvalue weighted by atomic mass is 10.1. The van der Waals surface area contributed by atoms with E-state index in [-0.39, 0.29) is 18.0 Å². The lowest BCUT2D eigenvalue weighted by Crippen LogP contribution is -2.54. The first-order valence-electron chi connectivity index (χ1n) is 8.92. The normalized spacial score (nSPS) is 22.0. The number of esters is 1. The van der Waals surface area contributed by atoms with Gasteiger partial charge in [-0.25, -0.2) is 8.42 Å². The molecule has 0 amide bonds. The summed E-state index contributed by atoms with van der Waals surface area (Å²) in [6, 6.07) is 6.57. The fourth-order valence-electron chi connectivity index (χ4n) is 2.69. The zero-order valence-corrected chi connectivity index (χ0v) is 17.0. The summed E-state index contributed by atoms with van der Waals surface area (Å²) >= 11 is 0. The number of carbonyl (C=O) groups is 1. The largest absolute Gasteiger partial charge is 0.460 e. The van der Waals surface area contributed by atoms with Crippen LogP contribution in [-0.2, 0) is 19.6 Å². The highest BCUT2D eigenvalue weighted by Gasteiger charge is 2.43. The molecular formula is C21H27NO4S. The minimum Gasteiger partial charge on any atom is -0.460 e. The van der Waals surface area contributed by atoms with Crippen molar-refractivity contribution in [2.45, 2.75) is 44.0 Å². The highest BCUT2D eigenvalue weighted by Crippen LogP contribution is 2.27. The average Bonchev–Trinajstić information content (AvgIpc) is 2.61. The van der Waals surface area contributed by atoms with Gasteiger partial charge in [-0.3, -0.25) is 4.79 Å². The summed E-state index contributed by atoms with van der Waals surface area (Å²) in [7, 11) is -3.93. The van der Waals surface area contributed by atoms with E-state index in [1.807, 2.05) is 25.2 Å². The minimum absolute atomic E-state index is 0.00222. The minimum atomic E-state index is -3.93. The van der Waals surface area contributed by atoms with Crippen LogP contribution in [0.1, 0.15) is 32.3 Å². The van der Waals surface area contributed by atoms with Crippen molar-refractivity contribution < 1.29 is 17.9 Å². The Morgan fingerprint density at radius 2 is 1.70 bits per heavy atom. The van der Waals surface area contributed by atoms with Crippen molar-refractivity contribution in [3.63, 3.8) is 0 Å². The van der Waals surface area contributed by atoms with Crippen LogP contribution in [0.3, 0.4) is 0 Å². The highest BCUT2D eigenvalue weighted by atomic mass is 32.2. The number of hydrogen-bond acceptors (Lipinski definition) is 4. The summed E-state index contributed by atoms with van der Waals surface area (Å²) in [6.07, 6.45) is 9.09. The Kier molecular flexibility index (Phi) is 6.78. The van der Waals surface area contributed by atoms with E-state index >= 15 is 0 Å². The summed E-state index contributed by atoms with van der Waals surface area (Å²) in [5.74, 6) is -0.598. The lowest BCUT2D eigenvalue weighted by molar-refractivity contribution is -0.152. The lowest BCUT2D eigenvalue weighted by Gasteiger charge is -2.35. The second-order valence-corrected chi connectivity index (χ2v) is 8.95. The molecule has 0 atom stereocenters. The maximum Gasteiger partial charge on any atom is 0.327 e. The number of sulfonamides is 1. The van der Waals surface area contributed by atoms with Crippen LogP contribution >= 0.6 is 0 Å². The molecule has 0 aliphatic carbocycles. The molecule has 5 nitrogen and oxygen atoms in total. The summed E-state index contributed by atoms with van der Waals surface area (Å²) in [5.41, 5.74) is 0.175. The van der Waals surface area contributed by atoms with E-state index in [0.29, 0.717) is 5.57 Å². The van der Waals surface area contributed by atoms with Crippen molar-refractivity contribution in [3.8, 4) is 0 Å². The summed E-state index contributed by atoms with van der Waals surface area (Å²) < 4.78 is 33.1. The van der Waals surface area contributed by atoms with Crippen LogP contribution in [0.2, 0.25) is 0 Å². The van der Waals surface area contributed by atoms with Crippen LogP contribution in [0.25, 0.3) is 0 Å². The fourth-order valence-corrected chi connectivity index (χ4v) is 4.43. The Bertz CT molecular complexity index is 849. The number of allylic oxidation sites excluding steroid dienone is 2. The number of benzene rings is 1. The molecule has 0 saturated carbocycles. The van der Waals surface area contributed by atoms with Crippen LogP contribution < -0.4 is 0 Å². The third kappa shape index (κ3) is 5.17. The number of cyclic esters (lactones) is 1. The first-order valence-corrected chi connectivity index (χ1v) is 10.4. The van der Waals surface area contributed by atoms with Gasteiger partial charge in [-0.1, -0.05) is 48.6 Å². The molecule has 0 bridgehead atoms. The molecule has 0 aromatic heterocycles. The smallest absolute Gasteiger partial charge is 0.327 e. The van der Waals surface area contributed by atoms with Gasteiger partial charge in [0, 0.05) is 6.54 Å². The van der Waals surface area contributed by atoms with Crippen molar-refractivity contribution in [3.05, 3.63) is 66.3 Å². The van der Waals surface area contributed by atoms with E-state index in [1.54, 1.807) is 44.2 Å². The summed E-state index contributed by atoms with van der Waals surface area (Å²) in [6.45, 7) is 9.08. The highest BCUT2D eigenvalue weighted by molar-refractivity contribution is 7.89. The molecule has 0 fully saturated rings. The summed E-state index contributed by atoms with van der Waals surface area (Å²) in [4.78, 5) is 12.8. The fraction of sp³-hybridized carbons (Fsp3) is 0.381. The van der Waals surface area contributed by atoms with Crippen LogP contribution in [0.5, 0.6) is 0 Å². The molecule has 1 aromatic rings. The maximum absolute atomic E-state index is 13.3. The second kappa shape index (κ2) is 8.67. The molecule has 6 heteroatoms. The molecule has 1 aliphatic rings. The van der Waals surface area contributed by atoms with Crippen LogP contribution in [0, 0.1) is 6.92 Å². The number of ether oxygens (including phenoxy) is 1. The maximum atomic E-state index is 13.3. The van der Waals surface area contributed by atoms with Gasteiger partial charge in [0.1, 0.15) is 12.1 Å². The molecule has 2 rings (SSSR count). The zero-order valence-electron chi connectivity index (χ0n) is 16.1. The van der Waals surface area contributed by atoms with Gasteiger partial charge < -0.3 is 4.74 Å². The van der Waals surface area contributed by atoms with Gasteiger partial charge in [-0.15, -0.1) is 0 Å². The number of nitrogens with zero attached hydrogens (tertiary/aromatic N) is 1. The molecule has 0 saturated heterocycles. The molecule has 0 N–H and O–H groups in total. The Hall–Kier alpha value is -2.18. The summed E-state index contributed by atoms with van der Waals surface area (Å²) in [5, 5.41) is 0. The van der Waals surface area contributed by atoms with Gasteiger partial charge in [0.2, 0.25) is 10.0 Å². The molecule has 0 unspecified atom stereocenters.